The fourth-order valence-electron chi connectivity index (χ4n) is 5.08. The van der Waals surface area contributed by atoms with Gasteiger partial charge in [-0.05, 0) is 39.5 Å². The van der Waals surface area contributed by atoms with Crippen molar-refractivity contribution in [2.45, 2.75) is 71.9 Å². The normalized spacial score (nSPS) is 41.7. The van der Waals surface area contributed by atoms with Gasteiger partial charge in [0, 0.05) is 41.6 Å². The third-order valence-electron chi connectivity index (χ3n) is 7.27. The molecule has 2 fully saturated rings. The van der Waals surface area contributed by atoms with Crippen LogP contribution in [0, 0.1) is 17.3 Å². The van der Waals surface area contributed by atoms with Gasteiger partial charge in [-0.2, -0.15) is 0 Å². The molecule has 0 aromatic rings. The van der Waals surface area contributed by atoms with E-state index in [-0.39, 0.29) is 23.9 Å². The maximum atomic E-state index is 12.4. The van der Waals surface area contributed by atoms with Gasteiger partial charge in [-0.3, -0.25) is 0 Å². The Morgan fingerprint density at radius 1 is 1.37 bits per heavy atom. The van der Waals surface area contributed by atoms with Gasteiger partial charge in [0.2, 0.25) is 5.79 Å². The predicted molar refractivity (Wildman–Crippen MR) is 98.5 cm³/mol. The Balaban J connectivity index is 2.03. The Morgan fingerprint density at radius 3 is 2.63 bits per heavy atom. The molecule has 0 saturated heterocycles. The fourth-order valence-corrected chi connectivity index (χ4v) is 5.08. The molecule has 6 heteroatoms. The Morgan fingerprint density at radius 2 is 2.04 bits per heavy atom. The SMILES string of the molecule is CC=C(C)C(=O)OC1CCC(C)C2(C)C(O)C3=C(C)C(=O)OC3(OC)CC12. The third-order valence-corrected chi connectivity index (χ3v) is 7.27. The van der Waals surface area contributed by atoms with Crippen LogP contribution >= 0.6 is 0 Å². The van der Waals surface area contributed by atoms with Crippen LogP contribution in [0.1, 0.15) is 53.9 Å². The van der Waals surface area contributed by atoms with Crippen LogP contribution in [0.5, 0.6) is 0 Å². The Hall–Kier alpha value is -1.66. The van der Waals surface area contributed by atoms with Crippen molar-refractivity contribution in [3.63, 3.8) is 0 Å². The highest BCUT2D eigenvalue weighted by Gasteiger charge is 2.65. The lowest BCUT2D eigenvalue weighted by Crippen LogP contribution is -2.62. The first kappa shape index (κ1) is 20.1. The molecule has 0 aromatic heterocycles. The molecule has 6 nitrogen and oxygen atoms in total. The molecule has 6 unspecified atom stereocenters. The molecule has 150 valence electrons. The molecule has 0 radical (unpaired) electrons. The van der Waals surface area contributed by atoms with Gasteiger partial charge in [0.05, 0.1) is 6.10 Å². The van der Waals surface area contributed by atoms with E-state index in [1.165, 1.54) is 7.11 Å². The first-order valence-corrected chi connectivity index (χ1v) is 9.64. The summed E-state index contributed by atoms with van der Waals surface area (Å²) in [6.07, 6.45) is 2.37. The van der Waals surface area contributed by atoms with Gasteiger partial charge in [0.15, 0.2) is 0 Å². The number of aliphatic hydroxyl groups excluding tert-OH is 1. The number of carbonyl (C=O) groups is 2. The molecule has 3 aliphatic rings. The smallest absolute Gasteiger partial charge is 0.336 e. The minimum Gasteiger partial charge on any atom is -0.459 e. The highest BCUT2D eigenvalue weighted by atomic mass is 16.7. The summed E-state index contributed by atoms with van der Waals surface area (Å²) >= 11 is 0. The maximum absolute atomic E-state index is 12.4. The second-order valence-corrected chi connectivity index (χ2v) is 8.36. The lowest BCUT2D eigenvalue weighted by molar-refractivity contribution is -0.247. The molecule has 2 saturated carbocycles. The maximum Gasteiger partial charge on any atom is 0.336 e. The van der Waals surface area contributed by atoms with Gasteiger partial charge in [-0.1, -0.05) is 19.9 Å². The predicted octanol–water partition coefficient (Wildman–Crippen LogP) is 2.90. The number of fused-ring (bicyclic) bond motifs is 2. The number of methoxy groups -OCH3 is 1. The van der Waals surface area contributed by atoms with Crippen molar-refractivity contribution in [2.24, 2.45) is 17.3 Å². The molecule has 2 aliphatic carbocycles. The summed E-state index contributed by atoms with van der Waals surface area (Å²) in [6.45, 7) is 9.33. The fraction of sp³-hybridized carbons (Fsp3) is 0.714. The van der Waals surface area contributed by atoms with Gasteiger partial charge >= 0.3 is 11.9 Å². The summed E-state index contributed by atoms with van der Waals surface area (Å²) in [5.74, 6) is -2.07. The Labute approximate surface area is 160 Å². The number of rotatable bonds is 3. The molecule has 1 aliphatic heterocycles. The number of esters is 2. The van der Waals surface area contributed by atoms with Crippen LogP contribution in [0.15, 0.2) is 22.8 Å². The monoisotopic (exact) mass is 378 g/mol. The topological polar surface area (TPSA) is 82.1 Å². The zero-order valence-corrected chi connectivity index (χ0v) is 17.0. The van der Waals surface area contributed by atoms with Crippen LogP contribution in [0.25, 0.3) is 0 Å². The quantitative estimate of drug-likeness (QED) is 0.601. The number of hydrogen-bond acceptors (Lipinski definition) is 6. The average molecular weight is 378 g/mol. The molecule has 0 amide bonds. The number of hydrogen-bond donors (Lipinski definition) is 1. The second kappa shape index (κ2) is 6.74. The lowest BCUT2D eigenvalue weighted by atomic mass is 9.51. The van der Waals surface area contributed by atoms with Gasteiger partial charge in [0.1, 0.15) is 6.10 Å². The van der Waals surface area contributed by atoms with Gasteiger partial charge < -0.3 is 19.3 Å². The van der Waals surface area contributed by atoms with Crippen LogP contribution in [-0.4, -0.2) is 42.1 Å². The van der Waals surface area contributed by atoms with Gasteiger partial charge in [-0.25, -0.2) is 9.59 Å². The van der Waals surface area contributed by atoms with Crippen LogP contribution in [0.4, 0.5) is 0 Å². The largest absolute Gasteiger partial charge is 0.459 e. The van der Waals surface area contributed by atoms with Gasteiger partial charge in [0.25, 0.3) is 0 Å². The zero-order chi connectivity index (χ0) is 20.1. The van der Waals surface area contributed by atoms with Crippen molar-refractivity contribution < 1.29 is 28.9 Å². The number of ether oxygens (including phenoxy) is 3. The molecule has 27 heavy (non-hydrogen) atoms. The van der Waals surface area contributed by atoms with E-state index >= 15 is 0 Å². The van der Waals surface area contributed by atoms with Crippen molar-refractivity contribution >= 4 is 11.9 Å². The first-order valence-electron chi connectivity index (χ1n) is 9.64. The molecule has 3 rings (SSSR count). The number of allylic oxidation sites excluding steroid dienone is 1. The van der Waals surface area contributed by atoms with E-state index in [0.29, 0.717) is 29.6 Å². The summed E-state index contributed by atoms with van der Waals surface area (Å²) in [5.41, 5.74) is 0.953. The molecule has 0 aromatic carbocycles. The van der Waals surface area contributed by atoms with Crippen LogP contribution in [0.3, 0.4) is 0 Å². The zero-order valence-electron chi connectivity index (χ0n) is 17.0. The highest BCUT2D eigenvalue weighted by molar-refractivity contribution is 5.92. The van der Waals surface area contributed by atoms with Crippen molar-refractivity contribution in [1.82, 2.24) is 0 Å². The van der Waals surface area contributed by atoms with E-state index in [1.54, 1.807) is 26.8 Å². The minimum atomic E-state index is -1.28. The summed E-state index contributed by atoms with van der Waals surface area (Å²) < 4.78 is 17.1. The van der Waals surface area contributed by atoms with E-state index < -0.39 is 23.3 Å². The van der Waals surface area contributed by atoms with Crippen LogP contribution in [0.2, 0.25) is 0 Å². The van der Waals surface area contributed by atoms with Crippen molar-refractivity contribution in [3.05, 3.63) is 22.8 Å². The summed E-state index contributed by atoms with van der Waals surface area (Å²) in [4.78, 5) is 24.7. The van der Waals surface area contributed by atoms with Crippen molar-refractivity contribution in [1.29, 1.82) is 0 Å². The second-order valence-electron chi connectivity index (χ2n) is 8.36. The Kier molecular flexibility index (Phi) is 5.02. The van der Waals surface area contributed by atoms with E-state index in [0.717, 1.165) is 6.42 Å². The van der Waals surface area contributed by atoms with E-state index in [2.05, 4.69) is 6.92 Å². The van der Waals surface area contributed by atoms with E-state index in [4.69, 9.17) is 14.2 Å². The standard InChI is InChI=1S/C21H30O6/c1-7-11(2)18(23)26-15-9-8-12(3)20(5)14(15)10-21(25-6)16(17(20)22)13(4)19(24)27-21/h7,12,14-15,17,22H,8-10H2,1-6H3. The van der Waals surface area contributed by atoms with E-state index in [9.17, 15) is 14.7 Å². The summed E-state index contributed by atoms with van der Waals surface area (Å²) in [7, 11) is 1.48. The average Bonchev–Trinajstić information content (AvgIpc) is 2.90. The van der Waals surface area contributed by atoms with E-state index in [1.807, 2.05) is 6.92 Å². The van der Waals surface area contributed by atoms with Crippen molar-refractivity contribution in [3.8, 4) is 0 Å². The molecule has 0 bridgehead atoms. The highest BCUT2D eigenvalue weighted by Crippen LogP contribution is 2.60. The lowest BCUT2D eigenvalue weighted by Gasteiger charge is -2.58. The molecule has 6 atom stereocenters. The number of aliphatic hydroxyl groups is 1. The van der Waals surface area contributed by atoms with Gasteiger partial charge in [-0.15, -0.1) is 0 Å². The van der Waals surface area contributed by atoms with Crippen molar-refractivity contribution in [2.75, 3.05) is 7.11 Å². The third kappa shape index (κ3) is 2.76. The Bertz CT molecular complexity index is 722. The summed E-state index contributed by atoms with van der Waals surface area (Å²) in [5, 5.41) is 11.4. The van der Waals surface area contributed by atoms with Crippen LogP contribution < -0.4 is 0 Å². The minimum absolute atomic E-state index is 0.188. The van der Waals surface area contributed by atoms with Crippen LogP contribution in [-0.2, 0) is 23.8 Å². The molecule has 1 N–H and O–H groups in total. The molecule has 1 heterocycles. The summed E-state index contributed by atoms with van der Waals surface area (Å²) in [6, 6.07) is 0. The molecular weight excluding hydrogens is 348 g/mol. The molecule has 0 spiro atoms. The molecular formula is C21H30O6. The first-order chi connectivity index (χ1) is 12.6. The number of carbonyl (C=O) groups excluding carboxylic acids is 2.